The van der Waals surface area contributed by atoms with Gasteiger partial charge in [-0.3, -0.25) is 4.79 Å². The van der Waals surface area contributed by atoms with Crippen LogP contribution in [0.3, 0.4) is 0 Å². The Morgan fingerprint density at radius 1 is 1.17 bits per heavy atom. The van der Waals surface area contributed by atoms with Crippen molar-refractivity contribution < 1.29 is 19.1 Å². The Balaban J connectivity index is 1.97. The van der Waals surface area contributed by atoms with Crippen LogP contribution < -0.4 is 10.1 Å². The van der Waals surface area contributed by atoms with Crippen LogP contribution in [0.15, 0.2) is 30.3 Å². The number of aryl methyl sites for hydroxylation is 2. The SMILES string of the molecule is CCOC(=O)c1cc(C)sc1NC(=O)COc1ccc(C)cc1. The number of hydrogen-bond donors (Lipinski definition) is 1. The maximum Gasteiger partial charge on any atom is 0.341 e. The molecule has 0 bridgehead atoms. The quantitative estimate of drug-likeness (QED) is 0.821. The molecule has 6 heteroatoms. The van der Waals surface area contributed by atoms with Crippen LogP contribution in [0.1, 0.15) is 27.7 Å². The summed E-state index contributed by atoms with van der Waals surface area (Å²) in [5, 5.41) is 3.19. The van der Waals surface area contributed by atoms with Crippen LogP contribution in [0.5, 0.6) is 5.75 Å². The minimum absolute atomic E-state index is 0.123. The van der Waals surface area contributed by atoms with Crippen LogP contribution in [0.25, 0.3) is 0 Å². The molecular formula is C17H19NO4S. The lowest BCUT2D eigenvalue weighted by atomic mass is 10.2. The third kappa shape index (κ3) is 4.82. The molecule has 1 heterocycles. The summed E-state index contributed by atoms with van der Waals surface area (Å²) < 4.78 is 10.4. The van der Waals surface area contributed by atoms with E-state index < -0.39 is 5.97 Å². The number of esters is 1. The van der Waals surface area contributed by atoms with Crippen molar-refractivity contribution in [2.24, 2.45) is 0 Å². The molecule has 2 rings (SSSR count). The van der Waals surface area contributed by atoms with E-state index in [2.05, 4.69) is 5.32 Å². The summed E-state index contributed by atoms with van der Waals surface area (Å²) in [5.74, 6) is -0.136. The molecule has 1 N–H and O–H groups in total. The Morgan fingerprint density at radius 2 is 1.87 bits per heavy atom. The van der Waals surface area contributed by atoms with E-state index in [-0.39, 0.29) is 19.1 Å². The lowest BCUT2D eigenvalue weighted by Gasteiger charge is -2.08. The topological polar surface area (TPSA) is 64.6 Å². The highest BCUT2D eigenvalue weighted by Gasteiger charge is 2.18. The molecule has 0 unspecified atom stereocenters. The summed E-state index contributed by atoms with van der Waals surface area (Å²) in [7, 11) is 0. The molecule has 0 aliphatic carbocycles. The van der Waals surface area contributed by atoms with Crippen molar-refractivity contribution in [3.63, 3.8) is 0 Å². The van der Waals surface area contributed by atoms with Gasteiger partial charge in [-0.1, -0.05) is 17.7 Å². The Kier molecular flexibility index (Phi) is 5.76. The van der Waals surface area contributed by atoms with E-state index in [4.69, 9.17) is 9.47 Å². The standard InChI is InChI=1S/C17H19NO4S/c1-4-21-17(20)14-9-12(3)23-16(14)18-15(19)10-22-13-7-5-11(2)6-8-13/h5-9H,4,10H2,1-3H3,(H,18,19). The molecule has 0 saturated heterocycles. The highest BCUT2D eigenvalue weighted by Crippen LogP contribution is 2.28. The number of amides is 1. The Bertz CT molecular complexity index is 691. The number of ether oxygens (including phenoxy) is 2. The minimum Gasteiger partial charge on any atom is -0.484 e. The zero-order valence-corrected chi connectivity index (χ0v) is 14.2. The average Bonchev–Trinajstić information content (AvgIpc) is 2.87. The molecule has 23 heavy (non-hydrogen) atoms. The predicted molar refractivity (Wildman–Crippen MR) is 90.3 cm³/mol. The highest BCUT2D eigenvalue weighted by molar-refractivity contribution is 7.16. The van der Waals surface area contributed by atoms with E-state index in [1.54, 1.807) is 13.0 Å². The number of carbonyl (C=O) groups is 2. The van der Waals surface area contributed by atoms with Gasteiger partial charge in [-0.25, -0.2) is 4.79 Å². The van der Waals surface area contributed by atoms with Gasteiger partial charge >= 0.3 is 5.97 Å². The largest absolute Gasteiger partial charge is 0.484 e. The van der Waals surface area contributed by atoms with Crippen molar-refractivity contribution in [3.8, 4) is 5.75 Å². The number of hydrogen-bond acceptors (Lipinski definition) is 5. The molecule has 122 valence electrons. The maximum absolute atomic E-state index is 12.0. The van der Waals surface area contributed by atoms with E-state index in [1.807, 2.05) is 38.1 Å². The number of nitrogens with one attached hydrogen (secondary N) is 1. The molecule has 0 fully saturated rings. The van der Waals surface area contributed by atoms with Gasteiger partial charge in [-0.2, -0.15) is 0 Å². The van der Waals surface area contributed by atoms with Gasteiger partial charge in [-0.05, 0) is 39.0 Å². The average molecular weight is 333 g/mol. The fraction of sp³-hybridized carbons (Fsp3) is 0.294. The first-order valence-electron chi connectivity index (χ1n) is 7.26. The van der Waals surface area contributed by atoms with Crippen molar-refractivity contribution in [1.29, 1.82) is 0 Å². The van der Waals surface area contributed by atoms with Crippen LogP contribution in [-0.4, -0.2) is 25.1 Å². The fourth-order valence-corrected chi connectivity index (χ4v) is 2.83. The summed E-state index contributed by atoms with van der Waals surface area (Å²) in [4.78, 5) is 24.8. The van der Waals surface area contributed by atoms with Crippen LogP contribution in [-0.2, 0) is 9.53 Å². The van der Waals surface area contributed by atoms with Crippen molar-refractivity contribution in [3.05, 3.63) is 46.3 Å². The zero-order chi connectivity index (χ0) is 16.8. The van der Waals surface area contributed by atoms with E-state index in [1.165, 1.54) is 11.3 Å². The predicted octanol–water partition coefficient (Wildman–Crippen LogP) is 3.56. The molecule has 5 nitrogen and oxygen atoms in total. The maximum atomic E-state index is 12.0. The van der Waals surface area contributed by atoms with E-state index >= 15 is 0 Å². The molecular weight excluding hydrogens is 314 g/mol. The number of carbonyl (C=O) groups excluding carboxylic acids is 2. The molecule has 1 aromatic heterocycles. The molecule has 0 atom stereocenters. The summed E-state index contributed by atoms with van der Waals surface area (Å²) in [6.07, 6.45) is 0. The third-order valence-corrected chi connectivity index (χ3v) is 3.96. The molecule has 0 radical (unpaired) electrons. The molecule has 1 aromatic carbocycles. The van der Waals surface area contributed by atoms with Gasteiger partial charge in [0, 0.05) is 4.88 Å². The summed E-state index contributed by atoms with van der Waals surface area (Å²) in [6, 6.07) is 9.15. The molecule has 2 aromatic rings. The third-order valence-electron chi connectivity index (χ3n) is 2.99. The Morgan fingerprint density at radius 3 is 2.52 bits per heavy atom. The molecule has 1 amide bonds. The first-order chi connectivity index (χ1) is 11.0. The van der Waals surface area contributed by atoms with E-state index in [0.717, 1.165) is 10.4 Å². The van der Waals surface area contributed by atoms with Gasteiger partial charge in [-0.15, -0.1) is 11.3 Å². The van der Waals surface area contributed by atoms with Gasteiger partial charge in [0.1, 0.15) is 10.8 Å². The summed E-state index contributed by atoms with van der Waals surface area (Å²) in [6.45, 7) is 5.75. The number of anilines is 1. The van der Waals surface area contributed by atoms with Gasteiger partial charge in [0.2, 0.25) is 0 Å². The second kappa shape index (κ2) is 7.78. The zero-order valence-electron chi connectivity index (χ0n) is 13.3. The monoisotopic (exact) mass is 333 g/mol. The minimum atomic E-state index is -0.438. The fourth-order valence-electron chi connectivity index (χ4n) is 1.91. The van der Waals surface area contributed by atoms with Crippen LogP contribution in [0, 0.1) is 13.8 Å². The highest BCUT2D eigenvalue weighted by atomic mass is 32.1. The van der Waals surface area contributed by atoms with Gasteiger partial charge < -0.3 is 14.8 Å². The van der Waals surface area contributed by atoms with Crippen LogP contribution in [0.2, 0.25) is 0 Å². The summed E-state index contributed by atoms with van der Waals surface area (Å²) >= 11 is 1.33. The second-order valence-corrected chi connectivity index (χ2v) is 6.23. The normalized spacial score (nSPS) is 10.2. The first kappa shape index (κ1) is 17.0. The summed E-state index contributed by atoms with van der Waals surface area (Å²) in [5.41, 5.74) is 1.49. The smallest absolute Gasteiger partial charge is 0.341 e. The van der Waals surface area contributed by atoms with Crippen LogP contribution >= 0.6 is 11.3 Å². The van der Waals surface area contributed by atoms with Crippen LogP contribution in [0.4, 0.5) is 5.00 Å². The van der Waals surface area contributed by atoms with Crippen molar-refractivity contribution in [1.82, 2.24) is 0 Å². The van der Waals surface area contributed by atoms with Gasteiger partial charge in [0.25, 0.3) is 5.91 Å². The van der Waals surface area contributed by atoms with Crippen molar-refractivity contribution in [2.75, 3.05) is 18.5 Å². The number of thiophene rings is 1. The van der Waals surface area contributed by atoms with Crippen molar-refractivity contribution >= 4 is 28.2 Å². The molecule has 0 spiro atoms. The van der Waals surface area contributed by atoms with E-state index in [0.29, 0.717) is 16.3 Å². The molecule has 0 aliphatic heterocycles. The molecule has 0 aliphatic rings. The van der Waals surface area contributed by atoms with Gasteiger partial charge in [0.05, 0.1) is 12.2 Å². The lowest BCUT2D eigenvalue weighted by molar-refractivity contribution is -0.118. The molecule has 0 saturated carbocycles. The Labute approximate surface area is 139 Å². The second-order valence-electron chi connectivity index (χ2n) is 4.97. The number of rotatable bonds is 6. The van der Waals surface area contributed by atoms with Gasteiger partial charge in [0.15, 0.2) is 6.61 Å². The van der Waals surface area contributed by atoms with E-state index in [9.17, 15) is 9.59 Å². The Hall–Kier alpha value is -2.34. The first-order valence-corrected chi connectivity index (χ1v) is 8.08. The lowest BCUT2D eigenvalue weighted by Crippen LogP contribution is -2.21. The number of benzene rings is 1. The van der Waals surface area contributed by atoms with Crippen molar-refractivity contribution in [2.45, 2.75) is 20.8 Å².